The van der Waals surface area contributed by atoms with Crippen molar-refractivity contribution in [2.75, 3.05) is 7.11 Å². The second-order valence-corrected chi connectivity index (χ2v) is 9.68. The highest BCUT2D eigenvalue weighted by Crippen LogP contribution is 2.35. The van der Waals surface area contributed by atoms with Gasteiger partial charge in [0.15, 0.2) is 11.5 Å². The molecule has 0 heterocycles. The van der Waals surface area contributed by atoms with Crippen molar-refractivity contribution < 1.29 is 17.9 Å². The Morgan fingerprint density at radius 2 is 1.72 bits per heavy atom. The minimum absolute atomic E-state index is 0.0481. The molecule has 0 fully saturated rings. The highest BCUT2D eigenvalue weighted by Gasteiger charge is 2.22. The van der Waals surface area contributed by atoms with Gasteiger partial charge in [-0.2, -0.15) is 5.26 Å². The fourth-order valence-electron chi connectivity index (χ4n) is 2.80. The van der Waals surface area contributed by atoms with E-state index in [4.69, 9.17) is 44.3 Å². The van der Waals surface area contributed by atoms with Gasteiger partial charge >= 0.3 is 0 Å². The number of halogens is 3. The number of rotatable bonds is 7. The number of para-hydroxylation sites is 1. The zero-order chi connectivity index (χ0) is 23.3. The molecule has 0 atom stereocenters. The first-order valence-corrected chi connectivity index (χ1v) is 11.7. The Hall–Kier alpha value is -2.69. The molecular weight excluding hydrogens is 493 g/mol. The van der Waals surface area contributed by atoms with Gasteiger partial charge in [0, 0.05) is 26.2 Å². The van der Waals surface area contributed by atoms with Crippen molar-refractivity contribution in [3.8, 4) is 17.6 Å². The first-order valence-electron chi connectivity index (χ1n) is 9.12. The topological polar surface area (TPSA) is 76.4 Å². The van der Waals surface area contributed by atoms with Gasteiger partial charge in [-0.05, 0) is 48.5 Å². The van der Waals surface area contributed by atoms with Gasteiger partial charge in [0.1, 0.15) is 17.6 Å². The maximum absolute atomic E-state index is 13.0. The fourth-order valence-corrected chi connectivity index (χ4v) is 4.54. The van der Waals surface area contributed by atoms with Crippen LogP contribution >= 0.6 is 34.8 Å². The van der Waals surface area contributed by atoms with Gasteiger partial charge in [0.25, 0.3) is 0 Å². The van der Waals surface area contributed by atoms with Crippen LogP contribution in [0.25, 0.3) is 6.08 Å². The van der Waals surface area contributed by atoms with E-state index in [0.29, 0.717) is 31.9 Å². The number of benzene rings is 3. The third kappa shape index (κ3) is 5.37. The molecule has 0 aliphatic heterocycles. The Balaban J connectivity index is 2.02. The standard InChI is InChI=1S/C23H16Cl3NO4S/c1-30-22-4-2-3-15(23(22)31-14-16-5-6-18(25)12-21(16)26)11-20(13-27)32(28,29)19-9-7-17(24)8-10-19/h2-12H,14H2,1H3. The van der Waals surface area contributed by atoms with Crippen molar-refractivity contribution in [2.45, 2.75) is 11.5 Å². The number of hydrogen-bond donors (Lipinski definition) is 0. The summed E-state index contributed by atoms with van der Waals surface area (Å²) in [5.74, 6) is 0.630. The summed E-state index contributed by atoms with van der Waals surface area (Å²) in [6, 6.07) is 17.3. The summed E-state index contributed by atoms with van der Waals surface area (Å²) in [5, 5.41) is 10.9. The molecule has 0 spiro atoms. The Morgan fingerprint density at radius 1 is 1.03 bits per heavy atom. The molecule has 164 valence electrons. The molecule has 5 nitrogen and oxygen atoms in total. The summed E-state index contributed by atoms with van der Waals surface area (Å²) in [7, 11) is -2.61. The summed E-state index contributed by atoms with van der Waals surface area (Å²) in [5.41, 5.74) is 1.02. The lowest BCUT2D eigenvalue weighted by Gasteiger charge is -2.14. The van der Waals surface area contributed by atoms with Gasteiger partial charge in [-0.25, -0.2) is 8.42 Å². The van der Waals surface area contributed by atoms with E-state index in [1.807, 2.05) is 0 Å². The van der Waals surface area contributed by atoms with Crippen LogP contribution < -0.4 is 9.47 Å². The van der Waals surface area contributed by atoms with E-state index in [-0.39, 0.29) is 17.3 Å². The van der Waals surface area contributed by atoms with Crippen molar-refractivity contribution in [2.24, 2.45) is 0 Å². The average molecular weight is 509 g/mol. The lowest BCUT2D eigenvalue weighted by Crippen LogP contribution is -2.04. The predicted molar refractivity (Wildman–Crippen MR) is 126 cm³/mol. The number of ether oxygens (including phenoxy) is 2. The molecule has 0 radical (unpaired) electrons. The smallest absolute Gasteiger partial charge is 0.216 e. The van der Waals surface area contributed by atoms with E-state index in [9.17, 15) is 13.7 Å². The molecule has 3 rings (SSSR count). The van der Waals surface area contributed by atoms with Crippen LogP contribution in [0, 0.1) is 11.3 Å². The van der Waals surface area contributed by atoms with Gasteiger partial charge in [-0.3, -0.25) is 0 Å². The molecule has 9 heteroatoms. The third-order valence-corrected chi connectivity index (χ3v) is 6.95. The van der Waals surface area contributed by atoms with Crippen molar-refractivity contribution >= 4 is 50.7 Å². The SMILES string of the molecule is COc1cccc(C=C(C#N)S(=O)(=O)c2ccc(Cl)cc2)c1OCc1ccc(Cl)cc1Cl. The molecular formula is C23H16Cl3NO4S. The number of allylic oxidation sites excluding steroid dienone is 1. The van der Waals surface area contributed by atoms with Gasteiger partial charge < -0.3 is 9.47 Å². The van der Waals surface area contributed by atoms with Crippen LogP contribution in [-0.2, 0) is 16.4 Å². The first kappa shape index (κ1) is 24.0. The van der Waals surface area contributed by atoms with Crippen molar-refractivity contribution in [3.63, 3.8) is 0 Å². The first-order chi connectivity index (χ1) is 15.3. The summed E-state index contributed by atoms with van der Waals surface area (Å²) in [4.78, 5) is -0.504. The minimum Gasteiger partial charge on any atom is -0.493 e. The molecule has 0 bridgehead atoms. The highest BCUT2D eigenvalue weighted by molar-refractivity contribution is 7.95. The summed E-state index contributed by atoms with van der Waals surface area (Å²) < 4.78 is 37.2. The van der Waals surface area contributed by atoms with Crippen molar-refractivity contribution in [1.29, 1.82) is 5.26 Å². The highest BCUT2D eigenvalue weighted by atomic mass is 35.5. The van der Waals surface area contributed by atoms with E-state index >= 15 is 0 Å². The number of hydrogen-bond acceptors (Lipinski definition) is 5. The molecule has 0 saturated carbocycles. The molecule has 32 heavy (non-hydrogen) atoms. The van der Waals surface area contributed by atoms with Gasteiger partial charge in [-0.15, -0.1) is 0 Å². The molecule has 0 N–H and O–H groups in total. The zero-order valence-corrected chi connectivity index (χ0v) is 19.8. The molecule has 3 aromatic rings. The van der Waals surface area contributed by atoms with Crippen molar-refractivity contribution in [1.82, 2.24) is 0 Å². The van der Waals surface area contributed by atoms with Gasteiger partial charge in [0.2, 0.25) is 9.84 Å². The normalized spacial score (nSPS) is 11.7. The quantitative estimate of drug-likeness (QED) is 0.337. The van der Waals surface area contributed by atoms with E-state index in [2.05, 4.69) is 0 Å². The summed E-state index contributed by atoms with van der Waals surface area (Å²) >= 11 is 18.0. The summed E-state index contributed by atoms with van der Waals surface area (Å²) in [6.45, 7) is 0.0725. The molecule has 0 amide bonds. The Labute approximate surface area is 201 Å². The maximum Gasteiger partial charge on any atom is 0.216 e. The second-order valence-electron chi connectivity index (χ2n) is 6.48. The largest absolute Gasteiger partial charge is 0.493 e. The monoisotopic (exact) mass is 507 g/mol. The van der Waals surface area contributed by atoms with Crippen LogP contribution in [0.4, 0.5) is 0 Å². The minimum atomic E-state index is -4.07. The van der Waals surface area contributed by atoms with Gasteiger partial charge in [0.05, 0.1) is 12.0 Å². The third-order valence-electron chi connectivity index (χ3n) is 4.43. The van der Waals surface area contributed by atoms with Crippen LogP contribution in [0.3, 0.4) is 0 Å². The Morgan fingerprint density at radius 3 is 2.34 bits per heavy atom. The second kappa shape index (κ2) is 10.3. The molecule has 3 aromatic carbocycles. The number of sulfone groups is 1. The molecule has 0 aliphatic carbocycles. The number of nitrogens with zero attached hydrogens (tertiary/aromatic N) is 1. The average Bonchev–Trinajstić information content (AvgIpc) is 2.77. The molecule has 0 aliphatic rings. The van der Waals surface area contributed by atoms with E-state index in [1.54, 1.807) is 42.5 Å². The molecule has 0 aromatic heterocycles. The summed E-state index contributed by atoms with van der Waals surface area (Å²) in [6.07, 6.45) is 1.24. The van der Waals surface area contributed by atoms with E-state index in [1.165, 1.54) is 37.5 Å². The number of nitriles is 1. The van der Waals surface area contributed by atoms with Crippen molar-refractivity contribution in [3.05, 3.63) is 91.8 Å². The van der Waals surface area contributed by atoms with Crippen LogP contribution in [0.15, 0.2) is 70.5 Å². The van der Waals surface area contributed by atoms with Crippen LogP contribution in [0.2, 0.25) is 15.1 Å². The molecule has 0 unspecified atom stereocenters. The van der Waals surface area contributed by atoms with Gasteiger partial charge in [-0.1, -0.05) is 53.0 Å². The number of methoxy groups -OCH3 is 1. The predicted octanol–water partition coefficient (Wildman–Crippen LogP) is 6.57. The van der Waals surface area contributed by atoms with E-state index < -0.39 is 14.7 Å². The Bertz CT molecular complexity index is 1310. The lowest BCUT2D eigenvalue weighted by molar-refractivity contribution is 0.284. The van der Waals surface area contributed by atoms with Crippen LogP contribution in [-0.4, -0.2) is 15.5 Å². The Kier molecular flexibility index (Phi) is 7.70. The van der Waals surface area contributed by atoms with Crippen LogP contribution in [0.5, 0.6) is 11.5 Å². The van der Waals surface area contributed by atoms with E-state index in [0.717, 1.165) is 0 Å². The maximum atomic E-state index is 13.0. The fraction of sp³-hybridized carbons (Fsp3) is 0.0870. The molecule has 0 saturated heterocycles. The lowest BCUT2D eigenvalue weighted by atomic mass is 10.1. The van der Waals surface area contributed by atoms with Crippen LogP contribution in [0.1, 0.15) is 11.1 Å². The zero-order valence-electron chi connectivity index (χ0n) is 16.7.